The second-order valence-electron chi connectivity index (χ2n) is 4.70. The van der Waals surface area contributed by atoms with Crippen LogP contribution in [0.1, 0.15) is 5.56 Å². The Morgan fingerprint density at radius 3 is 2.36 bits per heavy atom. The Kier molecular flexibility index (Phi) is 3.93. The smallest absolute Gasteiger partial charge is 0.286 e. The first-order valence-corrected chi connectivity index (χ1v) is 6.29. The van der Waals surface area contributed by atoms with Gasteiger partial charge in [-0.3, -0.25) is 4.79 Å². The number of carbonyl (C=O) groups is 1. The second-order valence-corrected chi connectivity index (χ2v) is 4.70. The van der Waals surface area contributed by atoms with Gasteiger partial charge in [-0.05, 0) is 17.7 Å². The number of nitriles is 2. The highest BCUT2D eigenvalue weighted by atomic mass is 16.2. The van der Waals surface area contributed by atoms with E-state index >= 15 is 0 Å². The minimum absolute atomic E-state index is 0.0170. The molecule has 0 bridgehead atoms. The first kappa shape index (κ1) is 14.8. The summed E-state index contributed by atoms with van der Waals surface area (Å²) in [5, 5.41) is 20.7. The van der Waals surface area contributed by atoms with Crippen LogP contribution in [0.3, 0.4) is 0 Å². The van der Waals surface area contributed by atoms with E-state index in [9.17, 15) is 10.1 Å². The molecule has 0 spiro atoms. The highest BCUT2D eigenvalue weighted by Gasteiger charge is 2.30. The van der Waals surface area contributed by atoms with E-state index in [1.165, 1.54) is 0 Å². The molecule has 1 aromatic rings. The van der Waals surface area contributed by atoms with Crippen LogP contribution >= 0.6 is 0 Å². The molecule has 0 radical (unpaired) electrons. The van der Waals surface area contributed by atoms with Crippen LogP contribution in [0, 0.1) is 29.2 Å². The number of nitrogens with one attached hydrogen (secondary N) is 1. The minimum atomic E-state index is -0.486. The number of anilines is 1. The molecule has 106 valence electrons. The van der Waals surface area contributed by atoms with Crippen molar-refractivity contribution in [3.8, 4) is 12.1 Å². The van der Waals surface area contributed by atoms with E-state index in [-0.39, 0.29) is 22.5 Å². The first-order chi connectivity index (χ1) is 10.5. The van der Waals surface area contributed by atoms with Gasteiger partial charge in [0.1, 0.15) is 6.07 Å². The van der Waals surface area contributed by atoms with Crippen molar-refractivity contribution in [3.05, 3.63) is 58.2 Å². The molecule has 6 heteroatoms. The molecular weight excluding hydrogens is 278 g/mol. The van der Waals surface area contributed by atoms with Gasteiger partial charge in [0.15, 0.2) is 0 Å². The molecule has 0 saturated carbocycles. The third kappa shape index (κ3) is 2.40. The van der Waals surface area contributed by atoms with Crippen molar-refractivity contribution in [2.75, 3.05) is 19.0 Å². The topological polar surface area (TPSA) is 84.3 Å². The normalized spacial score (nSPS) is 15.5. The van der Waals surface area contributed by atoms with E-state index in [2.05, 4.69) is 10.2 Å². The lowest BCUT2D eigenvalue weighted by molar-refractivity contribution is -0.114. The summed E-state index contributed by atoms with van der Waals surface area (Å²) < 4.78 is 0. The van der Waals surface area contributed by atoms with Gasteiger partial charge < -0.3 is 10.2 Å². The zero-order chi connectivity index (χ0) is 16.3. The molecule has 22 heavy (non-hydrogen) atoms. The Labute approximate surface area is 128 Å². The highest BCUT2D eigenvalue weighted by molar-refractivity contribution is 6.25. The lowest BCUT2D eigenvalue weighted by Gasteiger charge is -2.12. The van der Waals surface area contributed by atoms with Gasteiger partial charge in [0, 0.05) is 19.8 Å². The fraction of sp³-hybridized carbons (Fsp3) is 0.125. The number of nitrogens with zero attached hydrogens (tertiary/aromatic N) is 4. The van der Waals surface area contributed by atoms with Crippen molar-refractivity contribution in [2.45, 2.75) is 0 Å². The van der Waals surface area contributed by atoms with Gasteiger partial charge >= 0.3 is 0 Å². The number of carbonyl (C=O) groups excluding carboxylic acids is 1. The molecule has 1 aliphatic heterocycles. The fourth-order valence-electron chi connectivity index (χ4n) is 2.10. The van der Waals surface area contributed by atoms with Crippen molar-refractivity contribution in [2.24, 2.45) is 0 Å². The Morgan fingerprint density at radius 2 is 1.91 bits per heavy atom. The van der Waals surface area contributed by atoms with Gasteiger partial charge in [-0.1, -0.05) is 12.1 Å². The molecule has 0 aliphatic carbocycles. The fourth-order valence-corrected chi connectivity index (χ4v) is 2.10. The van der Waals surface area contributed by atoms with Crippen molar-refractivity contribution in [3.63, 3.8) is 0 Å². The van der Waals surface area contributed by atoms with Crippen LogP contribution in [0.15, 0.2) is 41.2 Å². The van der Waals surface area contributed by atoms with E-state index < -0.39 is 5.91 Å². The largest absolute Gasteiger partial charge is 0.378 e. The summed E-state index contributed by atoms with van der Waals surface area (Å²) in [6.45, 7) is 6.96. The second kappa shape index (κ2) is 5.83. The predicted octanol–water partition coefficient (Wildman–Crippen LogP) is 1.81. The summed E-state index contributed by atoms with van der Waals surface area (Å²) in [6, 6.07) is 10.7. The molecule has 1 aliphatic rings. The van der Waals surface area contributed by atoms with Crippen LogP contribution in [0.5, 0.6) is 0 Å². The predicted molar refractivity (Wildman–Crippen MR) is 80.7 cm³/mol. The number of rotatable bonds is 2. The third-order valence-electron chi connectivity index (χ3n) is 3.20. The van der Waals surface area contributed by atoms with Crippen LogP contribution in [0.25, 0.3) is 10.4 Å². The molecule has 1 heterocycles. The van der Waals surface area contributed by atoms with Crippen LogP contribution < -0.4 is 10.2 Å². The number of hydrogen-bond acceptors (Lipinski definition) is 4. The molecule has 0 fully saturated rings. The molecule has 1 aromatic carbocycles. The van der Waals surface area contributed by atoms with Gasteiger partial charge in [-0.2, -0.15) is 5.26 Å². The maximum absolute atomic E-state index is 12.1. The lowest BCUT2D eigenvalue weighted by Crippen LogP contribution is -2.17. The van der Waals surface area contributed by atoms with Crippen LogP contribution in [-0.2, 0) is 4.79 Å². The van der Waals surface area contributed by atoms with Gasteiger partial charge in [-0.15, -0.1) is 0 Å². The van der Waals surface area contributed by atoms with Crippen LogP contribution in [-0.4, -0.2) is 20.0 Å². The third-order valence-corrected chi connectivity index (χ3v) is 3.20. The summed E-state index contributed by atoms with van der Waals surface area (Å²) in [6.07, 6.45) is 0. The van der Waals surface area contributed by atoms with Crippen molar-refractivity contribution >= 4 is 17.2 Å². The number of hydrogen-bond donors (Lipinski definition) is 1. The minimum Gasteiger partial charge on any atom is -0.378 e. The van der Waals surface area contributed by atoms with Gasteiger partial charge in [-0.25, -0.2) is 10.1 Å². The Morgan fingerprint density at radius 1 is 1.27 bits per heavy atom. The molecule has 2 rings (SSSR count). The zero-order valence-corrected chi connectivity index (χ0v) is 12.0. The Balaban J connectivity index is 2.62. The first-order valence-electron chi connectivity index (χ1n) is 6.29. The summed E-state index contributed by atoms with van der Waals surface area (Å²) in [7, 11) is 3.79. The van der Waals surface area contributed by atoms with Gasteiger partial charge in [0.05, 0.1) is 29.5 Å². The van der Waals surface area contributed by atoms with Crippen molar-refractivity contribution in [1.82, 2.24) is 5.32 Å². The average Bonchev–Trinajstić information content (AvgIpc) is 2.85. The molecular formula is C16H11N5O. The average molecular weight is 289 g/mol. The number of allylic oxidation sites excluding steroid dienone is 2. The maximum atomic E-state index is 12.1. The quantitative estimate of drug-likeness (QED) is 0.664. The Hall–Kier alpha value is -3.56. The molecule has 1 amide bonds. The maximum Gasteiger partial charge on any atom is 0.286 e. The molecule has 0 unspecified atom stereocenters. The monoisotopic (exact) mass is 289 g/mol. The van der Waals surface area contributed by atoms with E-state index in [1.54, 1.807) is 18.2 Å². The standard InChI is InChI=1S/C16H11N5O/c1-19-13(9-18)15-12(8-17)14(16(22)20-15)10-4-6-11(7-5-10)21(2)3/h4-7H,2-3H3,(H,20,22)/b15-13-. The number of benzene rings is 1. The van der Waals surface area contributed by atoms with Crippen LogP contribution in [0.2, 0.25) is 0 Å². The Bertz CT molecular complexity index is 807. The lowest BCUT2D eigenvalue weighted by atomic mass is 10.0. The molecule has 0 atom stereocenters. The summed E-state index contributed by atoms with van der Waals surface area (Å²) in [5.74, 6) is -0.486. The van der Waals surface area contributed by atoms with Crippen molar-refractivity contribution in [1.29, 1.82) is 10.5 Å². The van der Waals surface area contributed by atoms with E-state index in [0.717, 1.165) is 5.69 Å². The highest BCUT2D eigenvalue weighted by Crippen LogP contribution is 2.31. The number of amides is 1. The SMILES string of the molecule is [C-]#[N+]/C(C#N)=C1\NC(=O)C(c2ccc(N(C)C)cc2)=C1C#N. The zero-order valence-electron chi connectivity index (χ0n) is 12.0. The van der Waals surface area contributed by atoms with E-state index in [4.69, 9.17) is 11.8 Å². The van der Waals surface area contributed by atoms with Gasteiger partial charge in [0.2, 0.25) is 0 Å². The van der Waals surface area contributed by atoms with E-state index in [0.29, 0.717) is 5.56 Å². The summed E-state index contributed by atoms with van der Waals surface area (Å²) in [5.41, 5.74) is 1.41. The molecule has 0 aromatic heterocycles. The van der Waals surface area contributed by atoms with Gasteiger partial charge in [0.25, 0.3) is 11.6 Å². The molecule has 0 saturated heterocycles. The van der Waals surface area contributed by atoms with Crippen molar-refractivity contribution < 1.29 is 4.79 Å². The molecule has 1 N–H and O–H groups in total. The van der Waals surface area contributed by atoms with E-state index in [1.807, 2.05) is 37.2 Å². The van der Waals surface area contributed by atoms with Crippen LogP contribution in [0.4, 0.5) is 5.69 Å². The summed E-state index contributed by atoms with van der Waals surface area (Å²) >= 11 is 0. The summed E-state index contributed by atoms with van der Waals surface area (Å²) in [4.78, 5) is 17.1. The molecule has 6 nitrogen and oxygen atoms in total.